The topological polar surface area (TPSA) is 70.6 Å². The third kappa shape index (κ3) is 5.27. The number of anilines is 1. The Morgan fingerprint density at radius 1 is 0.893 bits per heavy atom. The van der Waals surface area contributed by atoms with E-state index in [-0.39, 0.29) is 24.7 Å². The van der Waals surface area contributed by atoms with Gasteiger partial charge in [0, 0.05) is 18.5 Å². The molecule has 0 saturated heterocycles. The van der Waals surface area contributed by atoms with Crippen LogP contribution in [-0.4, -0.2) is 18.0 Å². The van der Waals surface area contributed by atoms with E-state index < -0.39 is 0 Å². The normalized spacial score (nSPS) is 10.9. The molecule has 0 radical (unpaired) electrons. The summed E-state index contributed by atoms with van der Waals surface area (Å²) < 4.78 is 0. The molecule has 0 aliphatic carbocycles. The number of fused-ring (bicyclic) bond motifs is 1. The Labute approximate surface area is 164 Å². The molecule has 0 bridgehead atoms. The van der Waals surface area contributed by atoms with Gasteiger partial charge in [0.1, 0.15) is 0 Å². The average Bonchev–Trinajstić information content (AvgIpc) is 2.69. The molecule has 2 amide bonds. The molecule has 0 unspecified atom stereocenters. The molecule has 142 valence electrons. The summed E-state index contributed by atoms with van der Waals surface area (Å²) in [6.07, 6.45) is 1.77. The van der Waals surface area contributed by atoms with Crippen molar-refractivity contribution in [2.75, 3.05) is 5.32 Å². The number of carbonyl (C=O) groups excluding carboxylic acids is 2. The standard InChI is InChI=1S/C23H23N3O2/c1-16-7-8-17(2)21(13-16)25-22(27)11-12-23(28)26-24-15-18-9-10-19-5-3-4-6-20(19)14-18/h3-10,13-15H,11-12H2,1-2H3,(H,25,27)(H,26,28). The molecule has 2 N–H and O–H groups in total. The molecule has 0 heterocycles. The number of carbonyl (C=O) groups is 2. The van der Waals surface area contributed by atoms with E-state index >= 15 is 0 Å². The molecule has 5 heteroatoms. The van der Waals surface area contributed by atoms with Crippen LogP contribution in [0, 0.1) is 13.8 Å². The average molecular weight is 373 g/mol. The summed E-state index contributed by atoms with van der Waals surface area (Å²) in [5.74, 6) is -0.490. The Balaban J connectivity index is 1.47. The van der Waals surface area contributed by atoms with Gasteiger partial charge in [0.05, 0.1) is 6.21 Å². The summed E-state index contributed by atoms with van der Waals surface area (Å²) in [6.45, 7) is 3.90. The Morgan fingerprint density at radius 3 is 2.46 bits per heavy atom. The molecule has 0 fully saturated rings. The van der Waals surface area contributed by atoms with E-state index in [2.05, 4.69) is 15.8 Å². The maximum atomic E-state index is 12.1. The summed E-state index contributed by atoms with van der Waals surface area (Å²) in [5, 5.41) is 9.09. The van der Waals surface area contributed by atoms with E-state index in [1.165, 1.54) is 0 Å². The Morgan fingerprint density at radius 2 is 1.64 bits per heavy atom. The first-order valence-corrected chi connectivity index (χ1v) is 9.19. The molecule has 0 aliphatic rings. The second-order valence-electron chi connectivity index (χ2n) is 6.77. The van der Waals surface area contributed by atoms with E-state index in [0.29, 0.717) is 0 Å². The van der Waals surface area contributed by atoms with Crippen molar-refractivity contribution < 1.29 is 9.59 Å². The van der Waals surface area contributed by atoms with Crippen molar-refractivity contribution in [3.05, 3.63) is 77.4 Å². The summed E-state index contributed by atoms with van der Waals surface area (Å²) in [7, 11) is 0. The number of hydrogen-bond donors (Lipinski definition) is 2. The predicted octanol–water partition coefficient (Wildman–Crippen LogP) is 4.33. The monoisotopic (exact) mass is 373 g/mol. The van der Waals surface area contributed by atoms with Gasteiger partial charge in [-0.05, 0) is 53.4 Å². The highest BCUT2D eigenvalue weighted by molar-refractivity contribution is 5.94. The van der Waals surface area contributed by atoms with Crippen LogP contribution < -0.4 is 10.7 Å². The maximum Gasteiger partial charge on any atom is 0.240 e. The van der Waals surface area contributed by atoms with Crippen LogP contribution in [0.25, 0.3) is 10.8 Å². The van der Waals surface area contributed by atoms with Crippen LogP contribution in [0.1, 0.15) is 29.5 Å². The highest BCUT2D eigenvalue weighted by Crippen LogP contribution is 2.17. The van der Waals surface area contributed by atoms with E-state index in [1.54, 1.807) is 6.21 Å². The minimum absolute atomic E-state index is 0.0752. The largest absolute Gasteiger partial charge is 0.326 e. The first-order chi connectivity index (χ1) is 13.5. The van der Waals surface area contributed by atoms with Gasteiger partial charge in [-0.1, -0.05) is 48.5 Å². The van der Waals surface area contributed by atoms with Crippen LogP contribution in [0.4, 0.5) is 5.69 Å². The number of aryl methyl sites for hydroxylation is 2. The molecule has 0 spiro atoms. The fourth-order valence-corrected chi connectivity index (χ4v) is 2.83. The summed E-state index contributed by atoms with van der Waals surface area (Å²) in [5.41, 5.74) is 6.20. The molecule has 3 rings (SSSR count). The van der Waals surface area contributed by atoms with Crippen LogP contribution in [0.2, 0.25) is 0 Å². The van der Waals surface area contributed by atoms with Gasteiger partial charge < -0.3 is 5.32 Å². The number of nitrogens with one attached hydrogen (secondary N) is 2. The van der Waals surface area contributed by atoms with Crippen LogP contribution in [0.5, 0.6) is 0 Å². The summed E-state index contributed by atoms with van der Waals surface area (Å²) in [4.78, 5) is 24.0. The first kappa shape index (κ1) is 19.3. The third-order valence-electron chi connectivity index (χ3n) is 4.42. The van der Waals surface area contributed by atoms with Crippen LogP contribution >= 0.6 is 0 Å². The zero-order valence-electron chi connectivity index (χ0n) is 16.0. The second-order valence-corrected chi connectivity index (χ2v) is 6.77. The molecule has 0 aromatic heterocycles. The summed E-state index contributed by atoms with van der Waals surface area (Å²) in [6, 6.07) is 19.9. The number of amides is 2. The lowest BCUT2D eigenvalue weighted by Crippen LogP contribution is -2.20. The SMILES string of the molecule is Cc1ccc(C)c(NC(=O)CCC(=O)NN=Cc2ccc3ccccc3c2)c1. The quantitative estimate of drug-likeness (QED) is 0.499. The highest BCUT2D eigenvalue weighted by atomic mass is 16.2. The number of hydrazone groups is 1. The van der Waals surface area contributed by atoms with E-state index in [0.717, 1.165) is 33.2 Å². The first-order valence-electron chi connectivity index (χ1n) is 9.19. The van der Waals surface area contributed by atoms with Crippen molar-refractivity contribution in [1.29, 1.82) is 0 Å². The predicted molar refractivity (Wildman–Crippen MR) is 113 cm³/mol. The lowest BCUT2D eigenvalue weighted by molar-refractivity contribution is -0.124. The molecular weight excluding hydrogens is 350 g/mol. The van der Waals surface area contributed by atoms with Gasteiger partial charge in [0.25, 0.3) is 0 Å². The van der Waals surface area contributed by atoms with Crippen molar-refractivity contribution in [2.45, 2.75) is 26.7 Å². The minimum Gasteiger partial charge on any atom is -0.326 e. The molecule has 3 aromatic carbocycles. The van der Waals surface area contributed by atoms with Gasteiger partial charge >= 0.3 is 0 Å². The lowest BCUT2D eigenvalue weighted by Gasteiger charge is -2.09. The second kappa shape index (κ2) is 8.95. The number of hydrogen-bond acceptors (Lipinski definition) is 3. The molecule has 0 saturated carbocycles. The van der Waals surface area contributed by atoms with Crippen LogP contribution in [0.3, 0.4) is 0 Å². The molecule has 28 heavy (non-hydrogen) atoms. The zero-order chi connectivity index (χ0) is 19.9. The van der Waals surface area contributed by atoms with E-state index in [4.69, 9.17) is 0 Å². The number of nitrogens with zero attached hydrogens (tertiary/aromatic N) is 1. The lowest BCUT2D eigenvalue weighted by atomic mass is 10.1. The fourth-order valence-electron chi connectivity index (χ4n) is 2.83. The molecule has 3 aromatic rings. The zero-order valence-corrected chi connectivity index (χ0v) is 16.0. The van der Waals surface area contributed by atoms with Crippen molar-refractivity contribution >= 4 is 34.5 Å². The van der Waals surface area contributed by atoms with Gasteiger partial charge in [-0.25, -0.2) is 5.43 Å². The van der Waals surface area contributed by atoms with E-state index in [9.17, 15) is 9.59 Å². The third-order valence-corrected chi connectivity index (χ3v) is 4.42. The number of rotatable bonds is 6. The molecule has 0 atom stereocenters. The Hall–Kier alpha value is -3.47. The molecule has 0 aliphatic heterocycles. The van der Waals surface area contributed by atoms with Gasteiger partial charge in [-0.2, -0.15) is 5.10 Å². The van der Waals surface area contributed by atoms with Gasteiger partial charge in [0.2, 0.25) is 11.8 Å². The van der Waals surface area contributed by atoms with Crippen molar-refractivity contribution in [3.63, 3.8) is 0 Å². The Bertz CT molecular complexity index is 1040. The van der Waals surface area contributed by atoms with Crippen molar-refractivity contribution in [1.82, 2.24) is 5.43 Å². The maximum absolute atomic E-state index is 12.1. The fraction of sp³-hybridized carbons (Fsp3) is 0.174. The highest BCUT2D eigenvalue weighted by Gasteiger charge is 2.08. The van der Waals surface area contributed by atoms with Gasteiger partial charge in [-0.3, -0.25) is 9.59 Å². The minimum atomic E-state index is -0.298. The Kier molecular flexibility index (Phi) is 6.17. The van der Waals surface area contributed by atoms with Crippen molar-refractivity contribution in [2.24, 2.45) is 5.10 Å². The van der Waals surface area contributed by atoms with Crippen molar-refractivity contribution in [3.8, 4) is 0 Å². The number of benzene rings is 3. The van der Waals surface area contributed by atoms with Gasteiger partial charge in [0.15, 0.2) is 0 Å². The molecular formula is C23H23N3O2. The van der Waals surface area contributed by atoms with Crippen LogP contribution in [0.15, 0.2) is 65.8 Å². The molecule has 5 nitrogen and oxygen atoms in total. The summed E-state index contributed by atoms with van der Waals surface area (Å²) >= 11 is 0. The smallest absolute Gasteiger partial charge is 0.240 e. The van der Waals surface area contributed by atoms with Crippen LogP contribution in [-0.2, 0) is 9.59 Å². The van der Waals surface area contributed by atoms with Gasteiger partial charge in [-0.15, -0.1) is 0 Å². The van der Waals surface area contributed by atoms with E-state index in [1.807, 2.05) is 74.5 Å².